The molecule has 0 saturated carbocycles. The van der Waals surface area contributed by atoms with Gasteiger partial charge in [0, 0.05) is 11.1 Å². The third-order valence-electron chi connectivity index (χ3n) is 1.20. The zero-order valence-corrected chi connectivity index (χ0v) is 8.24. The summed E-state index contributed by atoms with van der Waals surface area (Å²) < 4.78 is 0. The van der Waals surface area contributed by atoms with Gasteiger partial charge in [0.1, 0.15) is 0 Å². The first-order chi connectivity index (χ1) is 5.45. The normalized spacial score (nSPS) is 13.0. The van der Waals surface area contributed by atoms with Gasteiger partial charge in [0.15, 0.2) is 0 Å². The summed E-state index contributed by atoms with van der Waals surface area (Å²) in [5.41, 5.74) is 0.739. The monoisotopic (exact) mass is 206 g/mol. The van der Waals surface area contributed by atoms with Crippen LogP contribution in [0.5, 0.6) is 0 Å². The molecule has 0 aliphatic rings. The molecule has 0 aliphatic heterocycles. The van der Waals surface area contributed by atoms with Crippen LogP contribution in [0, 0.1) is 0 Å². The first kappa shape index (κ1) is 11.4. The quantitative estimate of drug-likeness (QED) is 0.404. The highest BCUT2D eigenvalue weighted by molar-refractivity contribution is 6.68. The van der Waals surface area contributed by atoms with Gasteiger partial charge in [-0.3, -0.25) is 9.59 Å². The molecule has 4 heteroatoms. The van der Waals surface area contributed by atoms with Crippen molar-refractivity contribution in [1.82, 2.24) is 0 Å². The molecule has 0 heterocycles. The molecule has 0 saturated heterocycles. The molecule has 12 heavy (non-hydrogen) atoms. The van der Waals surface area contributed by atoms with Crippen molar-refractivity contribution < 1.29 is 9.59 Å². The Hall–Kier alpha value is -0.600. The van der Waals surface area contributed by atoms with E-state index in [0.29, 0.717) is 11.1 Å². The second-order valence-corrected chi connectivity index (χ2v) is 2.93. The molecule has 0 bridgehead atoms. The minimum Gasteiger partial charge on any atom is -0.276 e. The summed E-state index contributed by atoms with van der Waals surface area (Å²) in [6.45, 7) is 3.11. The van der Waals surface area contributed by atoms with Gasteiger partial charge >= 0.3 is 0 Å². The Balaban J connectivity index is 4.48. The fourth-order valence-electron chi connectivity index (χ4n) is 0.381. The predicted octanol–water partition coefficient (Wildman–Crippen LogP) is 2.41. The second kappa shape index (κ2) is 5.12. The molecule has 0 rings (SSSR count). The fourth-order valence-corrected chi connectivity index (χ4v) is 0.507. The third-order valence-corrected chi connectivity index (χ3v) is 1.80. The van der Waals surface area contributed by atoms with Gasteiger partial charge in [-0.2, -0.15) is 0 Å². The van der Waals surface area contributed by atoms with Crippen molar-refractivity contribution in [3.05, 3.63) is 23.3 Å². The van der Waals surface area contributed by atoms with Gasteiger partial charge in [0.25, 0.3) is 0 Å². The molecule has 0 radical (unpaired) electrons. The van der Waals surface area contributed by atoms with Crippen LogP contribution in [0.25, 0.3) is 0 Å². The summed E-state index contributed by atoms with van der Waals surface area (Å²) in [5.74, 6) is 0. The number of hydrogen-bond donors (Lipinski definition) is 0. The Kier molecular flexibility index (Phi) is 4.86. The van der Waals surface area contributed by atoms with Gasteiger partial charge < -0.3 is 0 Å². The van der Waals surface area contributed by atoms with Crippen LogP contribution in [0.15, 0.2) is 23.3 Å². The molecule has 0 spiro atoms. The first-order valence-corrected chi connectivity index (χ1v) is 3.95. The van der Waals surface area contributed by atoms with Gasteiger partial charge in [-0.15, -0.1) is 0 Å². The predicted molar refractivity (Wildman–Crippen MR) is 49.2 cm³/mol. The van der Waals surface area contributed by atoms with Crippen molar-refractivity contribution in [1.29, 1.82) is 0 Å². The van der Waals surface area contributed by atoms with Crippen LogP contribution in [-0.2, 0) is 9.59 Å². The lowest BCUT2D eigenvalue weighted by Crippen LogP contribution is -1.89. The van der Waals surface area contributed by atoms with Crippen molar-refractivity contribution in [2.45, 2.75) is 13.8 Å². The Morgan fingerprint density at radius 1 is 0.917 bits per heavy atom. The Bertz CT molecular complexity index is 236. The van der Waals surface area contributed by atoms with E-state index in [1.54, 1.807) is 13.8 Å². The number of halogens is 2. The van der Waals surface area contributed by atoms with Crippen LogP contribution in [0.2, 0.25) is 0 Å². The van der Waals surface area contributed by atoms with Gasteiger partial charge in [0.2, 0.25) is 10.5 Å². The van der Waals surface area contributed by atoms with Crippen molar-refractivity contribution in [3.63, 3.8) is 0 Å². The molecule has 0 N–H and O–H groups in total. The molecule has 0 aromatic carbocycles. The topological polar surface area (TPSA) is 34.1 Å². The van der Waals surface area contributed by atoms with Gasteiger partial charge in [-0.1, -0.05) is 12.2 Å². The standard InChI is InChI=1S/C8H8Cl2O2/c1-5(7(9)11)3-4-6(2)8(10)12/h3-4H,1-2H3. The van der Waals surface area contributed by atoms with Crippen molar-refractivity contribution in [2.75, 3.05) is 0 Å². The van der Waals surface area contributed by atoms with Gasteiger partial charge in [0.05, 0.1) is 0 Å². The summed E-state index contributed by atoms with van der Waals surface area (Å²) in [6.07, 6.45) is 2.90. The zero-order chi connectivity index (χ0) is 9.72. The summed E-state index contributed by atoms with van der Waals surface area (Å²) in [5, 5.41) is -1.08. The summed E-state index contributed by atoms with van der Waals surface area (Å²) in [7, 11) is 0. The maximum Gasteiger partial charge on any atom is 0.248 e. The fraction of sp³-hybridized carbons (Fsp3) is 0.250. The highest BCUT2D eigenvalue weighted by Crippen LogP contribution is 2.03. The molecule has 0 aromatic heterocycles. The number of carbonyl (C=O) groups excluding carboxylic acids is 2. The smallest absolute Gasteiger partial charge is 0.248 e. The van der Waals surface area contributed by atoms with E-state index in [9.17, 15) is 9.59 Å². The lowest BCUT2D eigenvalue weighted by molar-refractivity contribution is -0.109. The molecule has 0 fully saturated rings. The average Bonchev–Trinajstić information content (AvgIpc) is 1.98. The maximum atomic E-state index is 10.5. The van der Waals surface area contributed by atoms with Gasteiger partial charge in [-0.05, 0) is 37.0 Å². The summed E-state index contributed by atoms with van der Waals surface area (Å²) in [6, 6.07) is 0. The summed E-state index contributed by atoms with van der Waals surface area (Å²) >= 11 is 10.3. The summed E-state index contributed by atoms with van der Waals surface area (Å²) in [4.78, 5) is 21.0. The lowest BCUT2D eigenvalue weighted by atomic mass is 10.2. The van der Waals surface area contributed by atoms with E-state index in [0.717, 1.165) is 0 Å². The Morgan fingerprint density at radius 3 is 1.33 bits per heavy atom. The van der Waals surface area contributed by atoms with Crippen LogP contribution in [-0.4, -0.2) is 10.5 Å². The minimum absolute atomic E-state index is 0.369. The third kappa shape index (κ3) is 4.31. The first-order valence-electron chi connectivity index (χ1n) is 3.20. The highest BCUT2D eigenvalue weighted by atomic mass is 35.5. The van der Waals surface area contributed by atoms with Crippen molar-refractivity contribution in [3.8, 4) is 0 Å². The molecule has 66 valence electrons. The molecular formula is C8H8Cl2O2. The Morgan fingerprint density at radius 2 is 1.17 bits per heavy atom. The number of rotatable bonds is 3. The number of carbonyl (C=O) groups is 2. The maximum absolute atomic E-state index is 10.5. The van der Waals surface area contributed by atoms with Crippen molar-refractivity contribution >= 4 is 33.7 Å². The number of allylic oxidation sites excluding steroid dienone is 4. The van der Waals surface area contributed by atoms with Crippen LogP contribution in [0.4, 0.5) is 0 Å². The van der Waals surface area contributed by atoms with Crippen LogP contribution in [0.1, 0.15) is 13.8 Å². The molecule has 0 aromatic rings. The van der Waals surface area contributed by atoms with Crippen LogP contribution < -0.4 is 0 Å². The van der Waals surface area contributed by atoms with E-state index in [1.165, 1.54) is 12.2 Å². The SMILES string of the molecule is CC(=CC=C(C)C(=O)Cl)C(=O)Cl. The minimum atomic E-state index is -0.541. The van der Waals surface area contributed by atoms with E-state index in [-0.39, 0.29) is 0 Å². The molecule has 0 atom stereocenters. The number of hydrogen-bond acceptors (Lipinski definition) is 2. The molecule has 0 unspecified atom stereocenters. The molecule has 0 aliphatic carbocycles. The Labute approximate surface area is 80.8 Å². The molecule has 2 nitrogen and oxygen atoms in total. The average molecular weight is 207 g/mol. The van der Waals surface area contributed by atoms with E-state index in [1.807, 2.05) is 0 Å². The van der Waals surface area contributed by atoms with E-state index >= 15 is 0 Å². The highest BCUT2D eigenvalue weighted by Gasteiger charge is 1.99. The van der Waals surface area contributed by atoms with E-state index in [2.05, 4.69) is 0 Å². The largest absolute Gasteiger partial charge is 0.276 e. The molecular weight excluding hydrogens is 199 g/mol. The van der Waals surface area contributed by atoms with E-state index in [4.69, 9.17) is 23.2 Å². The van der Waals surface area contributed by atoms with Gasteiger partial charge in [-0.25, -0.2) is 0 Å². The molecule has 0 amide bonds. The van der Waals surface area contributed by atoms with Crippen LogP contribution >= 0.6 is 23.2 Å². The second-order valence-electron chi connectivity index (χ2n) is 2.25. The lowest BCUT2D eigenvalue weighted by Gasteiger charge is -1.89. The van der Waals surface area contributed by atoms with Crippen LogP contribution in [0.3, 0.4) is 0 Å². The van der Waals surface area contributed by atoms with E-state index < -0.39 is 10.5 Å². The zero-order valence-electron chi connectivity index (χ0n) is 6.73. The van der Waals surface area contributed by atoms with Crippen molar-refractivity contribution in [2.24, 2.45) is 0 Å².